The average Bonchev–Trinajstić information content (AvgIpc) is 1.19. The van der Waals surface area contributed by atoms with Gasteiger partial charge in [-0.15, -0.1) is 0 Å². The Hall–Kier alpha value is -0.120. The van der Waals surface area contributed by atoms with Crippen LogP contribution in [0, 0.1) is 0 Å². The highest BCUT2D eigenvalue weighted by molar-refractivity contribution is 4.47. The van der Waals surface area contributed by atoms with Crippen molar-refractivity contribution in [3.8, 4) is 0 Å². The molecule has 0 spiro atoms. The molecule has 3 N–H and O–H groups in total. The van der Waals surface area contributed by atoms with Gasteiger partial charge in [0.15, 0.2) is 0 Å². The lowest BCUT2D eigenvalue weighted by molar-refractivity contribution is 0.0881. The van der Waals surface area contributed by atoms with Crippen LogP contribution in [-0.4, -0.2) is 36.9 Å². The van der Waals surface area contributed by atoms with Gasteiger partial charge in [-0.05, 0) is 35.0 Å². The van der Waals surface area contributed by atoms with Crippen LogP contribution in [-0.2, 0) is 0 Å². The Morgan fingerprint density at radius 2 is 1.22 bits per heavy atom. The molecule has 0 radical (unpaired) electrons. The molecule has 0 unspecified atom stereocenters. The maximum atomic E-state index is 8.30. The van der Waals surface area contributed by atoms with Crippen LogP contribution in [0.4, 0.5) is 0 Å². The van der Waals surface area contributed by atoms with Gasteiger partial charge in [0.1, 0.15) is 5.72 Å². The van der Waals surface area contributed by atoms with Gasteiger partial charge < -0.3 is 15.7 Å². The molecule has 0 aromatic rings. The van der Waals surface area contributed by atoms with E-state index in [4.69, 9.17) is 10.8 Å². The molecule has 0 heterocycles. The van der Waals surface area contributed by atoms with E-state index in [1.807, 2.05) is 26.0 Å². The largest absolute Gasteiger partial charge is 0.377 e. The maximum absolute atomic E-state index is 8.30. The summed E-state index contributed by atoms with van der Waals surface area (Å²) in [4.78, 5) is 2.00. The second kappa shape index (κ2) is 4.73. The quantitative estimate of drug-likeness (QED) is 0.453. The van der Waals surface area contributed by atoms with Crippen molar-refractivity contribution in [1.82, 2.24) is 4.90 Å². The number of nitrogens with two attached hydrogens (primary N) is 1. The summed E-state index contributed by atoms with van der Waals surface area (Å²) in [6.45, 7) is 3.04. The fourth-order valence-electron chi connectivity index (χ4n) is 0. The van der Waals surface area contributed by atoms with Crippen molar-refractivity contribution in [1.29, 1.82) is 0 Å². The number of aliphatic hydroxyl groups is 1. The van der Waals surface area contributed by atoms with Gasteiger partial charge in [-0.2, -0.15) is 0 Å². The summed E-state index contributed by atoms with van der Waals surface area (Å²) in [5.74, 6) is 0. The molecule has 0 amide bonds. The predicted octanol–water partition coefficient (Wildman–Crippen LogP) is -0.149. The summed E-state index contributed by atoms with van der Waals surface area (Å²) in [6, 6.07) is 0. The lowest BCUT2D eigenvalue weighted by atomic mass is 10.4. The van der Waals surface area contributed by atoms with Gasteiger partial charge in [-0.25, -0.2) is 0 Å². The molecule has 0 aliphatic carbocycles. The monoisotopic (exact) mass is 134 g/mol. The smallest absolute Gasteiger partial charge is 0.107 e. The van der Waals surface area contributed by atoms with Crippen molar-refractivity contribution in [2.45, 2.75) is 19.6 Å². The molecule has 0 aromatic heterocycles. The van der Waals surface area contributed by atoms with Crippen molar-refractivity contribution in [3.05, 3.63) is 0 Å². The molecule has 9 heavy (non-hydrogen) atoms. The molecule has 0 atom stereocenters. The molecule has 58 valence electrons. The fraction of sp³-hybridized carbons (Fsp3) is 1.00. The van der Waals surface area contributed by atoms with Crippen LogP contribution in [0.1, 0.15) is 13.8 Å². The van der Waals surface area contributed by atoms with Crippen LogP contribution in [0.25, 0.3) is 0 Å². The topological polar surface area (TPSA) is 49.5 Å². The zero-order valence-corrected chi connectivity index (χ0v) is 6.97. The standard InChI is InChI=1S/C3H9NO.C3H9N/c1-3(2,4)5;1-4(2)3/h5H,4H2,1-2H3;1-3H3. The Kier molecular flexibility index (Phi) is 6.12. The SMILES string of the molecule is CC(C)(N)O.CN(C)C. The maximum Gasteiger partial charge on any atom is 0.107 e. The fourth-order valence-corrected chi connectivity index (χ4v) is 0. The Labute approximate surface area is 57.5 Å². The normalized spacial score (nSPS) is 10.7. The van der Waals surface area contributed by atoms with Crippen molar-refractivity contribution in [2.75, 3.05) is 21.1 Å². The van der Waals surface area contributed by atoms with Crippen molar-refractivity contribution in [3.63, 3.8) is 0 Å². The Bertz CT molecular complexity index is 47.8. The molecule has 0 aliphatic heterocycles. The second-order valence-corrected chi connectivity index (χ2v) is 3.00. The van der Waals surface area contributed by atoms with Crippen molar-refractivity contribution < 1.29 is 5.11 Å². The lowest BCUT2D eigenvalue weighted by Gasteiger charge is -2.05. The predicted molar refractivity (Wildman–Crippen MR) is 40.1 cm³/mol. The molecule has 0 bridgehead atoms. The average molecular weight is 134 g/mol. The first-order valence-electron chi connectivity index (χ1n) is 2.85. The minimum atomic E-state index is -1.00. The summed E-state index contributed by atoms with van der Waals surface area (Å²) in [6.07, 6.45) is 0. The van der Waals surface area contributed by atoms with E-state index in [-0.39, 0.29) is 0 Å². The first-order chi connectivity index (χ1) is 3.73. The van der Waals surface area contributed by atoms with E-state index >= 15 is 0 Å². The first-order valence-corrected chi connectivity index (χ1v) is 2.85. The minimum Gasteiger partial charge on any atom is -0.377 e. The van der Waals surface area contributed by atoms with Crippen molar-refractivity contribution >= 4 is 0 Å². The van der Waals surface area contributed by atoms with E-state index in [0.29, 0.717) is 0 Å². The van der Waals surface area contributed by atoms with Gasteiger partial charge in [-0.1, -0.05) is 0 Å². The van der Waals surface area contributed by atoms with Gasteiger partial charge in [-0.3, -0.25) is 0 Å². The highest BCUT2D eigenvalue weighted by Crippen LogP contribution is 1.82. The van der Waals surface area contributed by atoms with Crippen LogP contribution < -0.4 is 5.73 Å². The molecule has 0 saturated heterocycles. The summed E-state index contributed by atoms with van der Waals surface area (Å²) >= 11 is 0. The molecule has 3 heteroatoms. The summed E-state index contributed by atoms with van der Waals surface area (Å²) in [7, 11) is 6.00. The molecular formula is C6H18N2O. The number of rotatable bonds is 0. The summed E-state index contributed by atoms with van der Waals surface area (Å²) in [5, 5.41) is 8.30. The number of hydrogen-bond donors (Lipinski definition) is 2. The van der Waals surface area contributed by atoms with Gasteiger partial charge in [0, 0.05) is 0 Å². The first kappa shape index (κ1) is 11.6. The third kappa shape index (κ3) is 18900. The molecule has 3 nitrogen and oxygen atoms in total. The van der Waals surface area contributed by atoms with Gasteiger partial charge in [0.25, 0.3) is 0 Å². The Morgan fingerprint density at radius 1 is 1.22 bits per heavy atom. The van der Waals surface area contributed by atoms with Crippen molar-refractivity contribution in [2.24, 2.45) is 5.73 Å². The van der Waals surface area contributed by atoms with Crippen LogP contribution >= 0.6 is 0 Å². The molecule has 0 aliphatic rings. The Morgan fingerprint density at radius 3 is 1.22 bits per heavy atom. The third-order valence-electron chi connectivity index (χ3n) is 0. The van der Waals surface area contributed by atoms with E-state index in [2.05, 4.69) is 0 Å². The van der Waals surface area contributed by atoms with E-state index in [0.717, 1.165) is 0 Å². The highest BCUT2D eigenvalue weighted by atomic mass is 16.3. The van der Waals surface area contributed by atoms with E-state index in [9.17, 15) is 0 Å². The van der Waals surface area contributed by atoms with Gasteiger partial charge >= 0.3 is 0 Å². The van der Waals surface area contributed by atoms with Crippen LogP contribution in [0.5, 0.6) is 0 Å². The van der Waals surface area contributed by atoms with E-state index in [1.54, 1.807) is 0 Å². The molecule has 0 fully saturated rings. The molecule has 0 rings (SSSR count). The highest BCUT2D eigenvalue weighted by Gasteiger charge is 1.98. The second-order valence-electron chi connectivity index (χ2n) is 3.00. The number of hydrogen-bond acceptors (Lipinski definition) is 3. The lowest BCUT2D eigenvalue weighted by Crippen LogP contribution is -2.30. The van der Waals surface area contributed by atoms with Crippen LogP contribution in [0.3, 0.4) is 0 Å². The summed E-state index contributed by atoms with van der Waals surface area (Å²) in [5.41, 5.74) is 3.91. The van der Waals surface area contributed by atoms with E-state index < -0.39 is 5.72 Å². The zero-order valence-electron chi connectivity index (χ0n) is 6.97. The van der Waals surface area contributed by atoms with Gasteiger partial charge in [0.2, 0.25) is 0 Å². The van der Waals surface area contributed by atoms with Crippen LogP contribution in [0.2, 0.25) is 0 Å². The van der Waals surface area contributed by atoms with E-state index in [1.165, 1.54) is 13.8 Å². The number of nitrogens with zero attached hydrogens (tertiary/aromatic N) is 1. The minimum absolute atomic E-state index is 1.00. The van der Waals surface area contributed by atoms with Gasteiger partial charge in [0.05, 0.1) is 0 Å². The molecular weight excluding hydrogens is 116 g/mol. The summed E-state index contributed by atoms with van der Waals surface area (Å²) < 4.78 is 0. The Balaban J connectivity index is 0. The zero-order chi connectivity index (χ0) is 8.08. The van der Waals surface area contributed by atoms with Crippen LogP contribution in [0.15, 0.2) is 0 Å². The molecule has 0 saturated carbocycles. The third-order valence-corrected chi connectivity index (χ3v) is 0. The molecule has 0 aromatic carbocycles.